The molecule has 5 heteroatoms. The van der Waals surface area contributed by atoms with Gasteiger partial charge in [-0.15, -0.1) is 0 Å². The van der Waals surface area contributed by atoms with E-state index in [9.17, 15) is 4.79 Å². The topological polar surface area (TPSA) is 49.0 Å². The van der Waals surface area contributed by atoms with Crippen LogP contribution in [0.1, 0.15) is 25.7 Å². The van der Waals surface area contributed by atoms with Gasteiger partial charge in [0.25, 0.3) is 5.56 Å². The number of nitrogens with zero attached hydrogens (tertiary/aromatic N) is 2. The number of halogens is 1. The quantitative estimate of drug-likeness (QED) is 0.833. The molecular formula is C12H16ClN3O. The number of nitrogens with one attached hydrogen (secondary N) is 1. The lowest BCUT2D eigenvalue weighted by Crippen LogP contribution is -2.23. The Morgan fingerprint density at radius 1 is 1.29 bits per heavy atom. The van der Waals surface area contributed by atoms with E-state index >= 15 is 0 Å². The van der Waals surface area contributed by atoms with Gasteiger partial charge in [-0.1, -0.05) is 24.4 Å². The second kappa shape index (κ2) is 4.33. The summed E-state index contributed by atoms with van der Waals surface area (Å²) in [6.07, 6.45) is 6.98. The maximum Gasteiger partial charge on any atom is 0.285 e. The summed E-state index contributed by atoms with van der Waals surface area (Å²) in [5.41, 5.74) is 0.504. The maximum absolute atomic E-state index is 11.4. The van der Waals surface area contributed by atoms with E-state index in [1.165, 1.54) is 25.7 Å². The van der Waals surface area contributed by atoms with Crippen molar-refractivity contribution in [3.05, 3.63) is 21.6 Å². The largest absolute Gasteiger partial charge is 0.368 e. The monoisotopic (exact) mass is 253 g/mol. The fraction of sp³-hybridized carbons (Fsp3) is 0.667. The van der Waals surface area contributed by atoms with Crippen LogP contribution in [0.2, 0.25) is 5.02 Å². The normalized spacial score (nSPS) is 28.2. The first-order valence-corrected chi connectivity index (χ1v) is 6.61. The van der Waals surface area contributed by atoms with Crippen LogP contribution in [0.25, 0.3) is 0 Å². The van der Waals surface area contributed by atoms with Crippen LogP contribution >= 0.6 is 11.6 Å². The van der Waals surface area contributed by atoms with Crippen molar-refractivity contribution in [1.82, 2.24) is 10.2 Å². The third-order valence-electron chi connectivity index (χ3n) is 4.09. The molecule has 2 aliphatic rings. The summed E-state index contributed by atoms with van der Waals surface area (Å²) in [5.74, 6) is 1.55. The van der Waals surface area contributed by atoms with Gasteiger partial charge in [-0.25, -0.2) is 5.10 Å². The Bertz CT molecular complexity index is 459. The SMILES string of the molecule is O=c1[nH]ncc(N2CC3CCCCC3C2)c1Cl. The van der Waals surface area contributed by atoms with E-state index in [4.69, 9.17) is 11.6 Å². The van der Waals surface area contributed by atoms with Gasteiger partial charge in [0.05, 0.1) is 11.9 Å². The Labute approximate surface area is 105 Å². The smallest absolute Gasteiger partial charge is 0.285 e. The van der Waals surface area contributed by atoms with Crippen LogP contribution in [-0.2, 0) is 0 Å². The molecule has 2 unspecified atom stereocenters. The van der Waals surface area contributed by atoms with E-state index in [1.807, 2.05) is 0 Å². The number of hydrogen-bond donors (Lipinski definition) is 1. The van der Waals surface area contributed by atoms with Gasteiger partial charge in [-0.3, -0.25) is 4.79 Å². The van der Waals surface area contributed by atoms with Crippen molar-refractivity contribution in [2.24, 2.45) is 11.8 Å². The molecule has 1 N–H and O–H groups in total. The Kier molecular flexibility index (Phi) is 2.82. The zero-order valence-corrected chi connectivity index (χ0v) is 10.4. The van der Waals surface area contributed by atoms with Gasteiger partial charge < -0.3 is 4.90 Å². The van der Waals surface area contributed by atoms with Crippen molar-refractivity contribution in [2.45, 2.75) is 25.7 Å². The number of aromatic amines is 1. The van der Waals surface area contributed by atoms with Crippen molar-refractivity contribution in [2.75, 3.05) is 18.0 Å². The molecular weight excluding hydrogens is 238 g/mol. The Balaban J connectivity index is 1.86. The lowest BCUT2D eigenvalue weighted by atomic mass is 9.82. The molecule has 2 heterocycles. The van der Waals surface area contributed by atoms with Crippen LogP contribution in [0.5, 0.6) is 0 Å². The van der Waals surface area contributed by atoms with Gasteiger partial charge in [-0.05, 0) is 24.7 Å². The predicted molar refractivity (Wildman–Crippen MR) is 67.5 cm³/mol. The molecule has 17 heavy (non-hydrogen) atoms. The highest BCUT2D eigenvalue weighted by Gasteiger charge is 2.35. The summed E-state index contributed by atoms with van der Waals surface area (Å²) in [4.78, 5) is 13.7. The molecule has 0 spiro atoms. The second-order valence-electron chi connectivity index (χ2n) is 5.11. The summed E-state index contributed by atoms with van der Waals surface area (Å²) in [7, 11) is 0. The zero-order chi connectivity index (χ0) is 11.8. The van der Waals surface area contributed by atoms with Gasteiger partial charge in [0.2, 0.25) is 0 Å². The lowest BCUT2D eigenvalue weighted by molar-refractivity contribution is 0.299. The van der Waals surface area contributed by atoms with E-state index < -0.39 is 0 Å². The van der Waals surface area contributed by atoms with Crippen molar-refractivity contribution in [3.8, 4) is 0 Å². The minimum absolute atomic E-state index is 0.277. The number of aromatic nitrogens is 2. The number of anilines is 1. The minimum atomic E-state index is -0.293. The maximum atomic E-state index is 11.4. The van der Waals surface area contributed by atoms with Crippen LogP contribution in [0.4, 0.5) is 5.69 Å². The first-order chi connectivity index (χ1) is 8.25. The molecule has 1 aromatic heterocycles. The lowest BCUT2D eigenvalue weighted by Gasteiger charge is -2.22. The van der Waals surface area contributed by atoms with Crippen molar-refractivity contribution < 1.29 is 0 Å². The van der Waals surface area contributed by atoms with Crippen molar-refractivity contribution >= 4 is 17.3 Å². The van der Waals surface area contributed by atoms with E-state index in [-0.39, 0.29) is 10.6 Å². The standard InChI is InChI=1S/C12H16ClN3O/c13-11-10(5-14-15-12(11)17)16-6-8-3-1-2-4-9(8)7-16/h5,8-9H,1-4,6-7H2,(H,15,17). The molecule has 0 radical (unpaired) electrons. The summed E-state index contributed by atoms with van der Waals surface area (Å²) >= 11 is 6.05. The number of hydrogen-bond acceptors (Lipinski definition) is 3. The zero-order valence-electron chi connectivity index (χ0n) is 9.66. The second-order valence-corrected chi connectivity index (χ2v) is 5.49. The van der Waals surface area contributed by atoms with Crippen LogP contribution < -0.4 is 10.5 Å². The molecule has 92 valence electrons. The number of rotatable bonds is 1. The molecule has 1 saturated carbocycles. The average molecular weight is 254 g/mol. The summed E-state index contributed by atoms with van der Waals surface area (Å²) in [6.45, 7) is 2.05. The Hall–Kier alpha value is -1.03. The molecule has 1 aliphatic carbocycles. The summed E-state index contributed by atoms with van der Waals surface area (Å²) in [5, 5.41) is 6.48. The first-order valence-electron chi connectivity index (χ1n) is 6.24. The van der Waals surface area contributed by atoms with E-state index in [0.29, 0.717) is 0 Å². The molecule has 3 rings (SSSR count). The van der Waals surface area contributed by atoms with Crippen LogP contribution in [0.15, 0.2) is 11.0 Å². The highest BCUT2D eigenvalue weighted by molar-refractivity contribution is 6.33. The van der Waals surface area contributed by atoms with E-state index in [0.717, 1.165) is 30.6 Å². The highest BCUT2D eigenvalue weighted by atomic mass is 35.5. The van der Waals surface area contributed by atoms with Crippen LogP contribution in [0, 0.1) is 11.8 Å². The van der Waals surface area contributed by atoms with Gasteiger partial charge in [0.15, 0.2) is 0 Å². The highest BCUT2D eigenvalue weighted by Crippen LogP contribution is 2.38. The summed E-state index contributed by atoms with van der Waals surface area (Å²) < 4.78 is 0. The van der Waals surface area contributed by atoms with Crippen molar-refractivity contribution in [1.29, 1.82) is 0 Å². The van der Waals surface area contributed by atoms with Gasteiger partial charge in [0, 0.05) is 13.1 Å². The molecule has 0 amide bonds. The van der Waals surface area contributed by atoms with E-state index in [2.05, 4.69) is 15.1 Å². The molecule has 1 saturated heterocycles. The van der Waals surface area contributed by atoms with E-state index in [1.54, 1.807) is 6.20 Å². The number of fused-ring (bicyclic) bond motifs is 1. The van der Waals surface area contributed by atoms with Gasteiger partial charge in [0.1, 0.15) is 5.02 Å². The molecule has 0 aromatic carbocycles. The Morgan fingerprint density at radius 3 is 2.59 bits per heavy atom. The molecule has 2 atom stereocenters. The van der Waals surface area contributed by atoms with Crippen molar-refractivity contribution in [3.63, 3.8) is 0 Å². The average Bonchev–Trinajstić information content (AvgIpc) is 2.76. The minimum Gasteiger partial charge on any atom is -0.368 e. The van der Waals surface area contributed by atoms with Crippen LogP contribution in [-0.4, -0.2) is 23.3 Å². The summed E-state index contributed by atoms with van der Waals surface area (Å²) in [6, 6.07) is 0. The third kappa shape index (κ3) is 1.95. The molecule has 2 fully saturated rings. The molecule has 1 aliphatic heterocycles. The number of H-pyrrole nitrogens is 1. The predicted octanol–water partition coefficient (Wildman–Crippen LogP) is 2.05. The fourth-order valence-corrected chi connectivity index (χ4v) is 3.41. The van der Waals surface area contributed by atoms with Gasteiger partial charge >= 0.3 is 0 Å². The van der Waals surface area contributed by atoms with Crippen LogP contribution in [0.3, 0.4) is 0 Å². The third-order valence-corrected chi connectivity index (χ3v) is 4.46. The van der Waals surface area contributed by atoms with Gasteiger partial charge in [-0.2, -0.15) is 5.10 Å². The fourth-order valence-electron chi connectivity index (χ4n) is 3.20. The molecule has 4 nitrogen and oxygen atoms in total. The Morgan fingerprint density at radius 2 is 1.94 bits per heavy atom. The molecule has 1 aromatic rings. The first kappa shape index (κ1) is 11.1. The molecule has 0 bridgehead atoms.